The minimum absolute atomic E-state index is 0.186. The van der Waals surface area contributed by atoms with Gasteiger partial charge in [0.25, 0.3) is 0 Å². The molecule has 1 aromatic heterocycles. The zero-order chi connectivity index (χ0) is 11.7. The third-order valence-corrected chi connectivity index (χ3v) is 2.63. The second-order valence-electron chi connectivity index (χ2n) is 4.46. The molecular formula is C13H15NO2. The number of hydrogen-bond donors (Lipinski definition) is 2. The number of aromatic nitrogens is 1. The molecule has 1 heterocycles. The lowest BCUT2D eigenvalue weighted by molar-refractivity contribution is 0.112. The van der Waals surface area contributed by atoms with E-state index >= 15 is 0 Å². The van der Waals surface area contributed by atoms with Crippen molar-refractivity contribution < 1.29 is 9.90 Å². The van der Waals surface area contributed by atoms with E-state index in [4.69, 9.17) is 0 Å². The summed E-state index contributed by atoms with van der Waals surface area (Å²) in [5.74, 6) is 0.672. The number of aldehydes is 1. The number of phenols is 1. The van der Waals surface area contributed by atoms with Gasteiger partial charge in [-0.3, -0.25) is 4.79 Å². The first-order chi connectivity index (χ1) is 7.61. The number of carbonyl (C=O) groups is 1. The van der Waals surface area contributed by atoms with Crippen LogP contribution in [0, 0.1) is 5.92 Å². The summed E-state index contributed by atoms with van der Waals surface area (Å²) in [6, 6.07) is 5.04. The lowest BCUT2D eigenvalue weighted by Crippen LogP contribution is -1.97. The molecule has 0 atom stereocenters. The fourth-order valence-electron chi connectivity index (χ4n) is 1.96. The van der Waals surface area contributed by atoms with E-state index in [0.717, 1.165) is 29.3 Å². The summed E-state index contributed by atoms with van der Waals surface area (Å²) in [7, 11) is 0. The zero-order valence-electron chi connectivity index (χ0n) is 9.45. The highest BCUT2D eigenvalue weighted by molar-refractivity contribution is 5.99. The van der Waals surface area contributed by atoms with Crippen molar-refractivity contribution in [1.29, 1.82) is 0 Å². The van der Waals surface area contributed by atoms with Gasteiger partial charge in [0.2, 0.25) is 0 Å². The number of aromatic hydroxyl groups is 1. The Hall–Kier alpha value is -1.77. The minimum atomic E-state index is 0.186. The fourth-order valence-corrected chi connectivity index (χ4v) is 1.96. The number of phenolic OH excluding ortho intramolecular Hbond substituents is 1. The van der Waals surface area contributed by atoms with E-state index in [1.54, 1.807) is 18.2 Å². The summed E-state index contributed by atoms with van der Waals surface area (Å²) in [6.45, 7) is 4.22. The topological polar surface area (TPSA) is 53.1 Å². The van der Waals surface area contributed by atoms with E-state index in [9.17, 15) is 9.90 Å². The van der Waals surface area contributed by atoms with Crippen LogP contribution in [0.5, 0.6) is 5.75 Å². The maximum absolute atomic E-state index is 11.1. The molecule has 0 saturated heterocycles. The normalized spacial score (nSPS) is 11.2. The highest BCUT2D eigenvalue weighted by atomic mass is 16.3. The standard InChI is InChI=1S/C13H15NO2/c1-8(2)5-13-11(7-15)10-6-9(16)3-4-12(10)14-13/h3-4,6-8,14,16H,5H2,1-2H3. The van der Waals surface area contributed by atoms with Crippen molar-refractivity contribution in [3.05, 3.63) is 29.5 Å². The molecule has 0 aliphatic carbocycles. The van der Waals surface area contributed by atoms with E-state index in [0.29, 0.717) is 11.5 Å². The van der Waals surface area contributed by atoms with Crippen molar-refractivity contribution in [3.8, 4) is 5.75 Å². The Balaban J connectivity index is 2.62. The van der Waals surface area contributed by atoms with E-state index in [1.807, 2.05) is 0 Å². The molecule has 3 heteroatoms. The Bertz CT molecular complexity index is 526. The molecule has 1 aromatic carbocycles. The molecule has 84 valence electrons. The zero-order valence-corrected chi connectivity index (χ0v) is 9.45. The quantitative estimate of drug-likeness (QED) is 0.777. The monoisotopic (exact) mass is 217 g/mol. The van der Waals surface area contributed by atoms with Crippen molar-refractivity contribution in [2.75, 3.05) is 0 Å². The third-order valence-electron chi connectivity index (χ3n) is 2.63. The Kier molecular flexibility index (Phi) is 2.69. The molecule has 16 heavy (non-hydrogen) atoms. The average Bonchev–Trinajstić information content (AvgIpc) is 2.53. The van der Waals surface area contributed by atoms with Gasteiger partial charge in [0, 0.05) is 22.2 Å². The van der Waals surface area contributed by atoms with Gasteiger partial charge in [0.1, 0.15) is 5.75 Å². The Morgan fingerprint density at radius 1 is 1.44 bits per heavy atom. The van der Waals surface area contributed by atoms with Crippen LogP contribution in [0.15, 0.2) is 18.2 Å². The molecule has 0 bridgehead atoms. The highest BCUT2D eigenvalue weighted by Gasteiger charge is 2.12. The van der Waals surface area contributed by atoms with Crippen LogP contribution in [-0.2, 0) is 6.42 Å². The molecule has 0 spiro atoms. The molecule has 2 rings (SSSR count). The average molecular weight is 217 g/mol. The van der Waals surface area contributed by atoms with Crippen LogP contribution < -0.4 is 0 Å². The molecule has 0 amide bonds. The van der Waals surface area contributed by atoms with Gasteiger partial charge in [-0.15, -0.1) is 0 Å². The van der Waals surface area contributed by atoms with Crippen molar-refractivity contribution >= 4 is 17.2 Å². The number of nitrogens with one attached hydrogen (secondary N) is 1. The van der Waals surface area contributed by atoms with Crippen LogP contribution >= 0.6 is 0 Å². The second kappa shape index (κ2) is 4.00. The molecular weight excluding hydrogens is 202 g/mol. The van der Waals surface area contributed by atoms with Crippen molar-refractivity contribution in [1.82, 2.24) is 4.98 Å². The van der Waals surface area contributed by atoms with Crippen LogP contribution in [0.3, 0.4) is 0 Å². The van der Waals surface area contributed by atoms with Crippen LogP contribution in [0.25, 0.3) is 10.9 Å². The van der Waals surface area contributed by atoms with E-state index < -0.39 is 0 Å². The second-order valence-corrected chi connectivity index (χ2v) is 4.46. The van der Waals surface area contributed by atoms with Gasteiger partial charge in [0.15, 0.2) is 6.29 Å². The SMILES string of the molecule is CC(C)Cc1[nH]c2ccc(O)cc2c1C=O. The Labute approximate surface area is 94.1 Å². The van der Waals surface area contributed by atoms with Crippen molar-refractivity contribution in [2.24, 2.45) is 5.92 Å². The summed E-state index contributed by atoms with van der Waals surface area (Å²) in [5, 5.41) is 10.2. The van der Waals surface area contributed by atoms with Crippen LogP contribution in [0.1, 0.15) is 29.9 Å². The van der Waals surface area contributed by atoms with Gasteiger partial charge >= 0.3 is 0 Å². The Morgan fingerprint density at radius 3 is 2.81 bits per heavy atom. The fraction of sp³-hybridized carbons (Fsp3) is 0.308. The molecule has 3 nitrogen and oxygen atoms in total. The van der Waals surface area contributed by atoms with Crippen molar-refractivity contribution in [2.45, 2.75) is 20.3 Å². The summed E-state index contributed by atoms with van der Waals surface area (Å²) >= 11 is 0. The summed E-state index contributed by atoms with van der Waals surface area (Å²) in [4.78, 5) is 14.3. The number of benzene rings is 1. The number of rotatable bonds is 3. The van der Waals surface area contributed by atoms with Crippen LogP contribution in [-0.4, -0.2) is 16.4 Å². The lowest BCUT2D eigenvalue weighted by atomic mass is 10.0. The molecule has 0 aliphatic rings. The van der Waals surface area contributed by atoms with Gasteiger partial charge in [0.05, 0.1) is 0 Å². The number of aromatic amines is 1. The first-order valence-electron chi connectivity index (χ1n) is 5.40. The molecule has 0 aliphatic heterocycles. The first-order valence-corrected chi connectivity index (χ1v) is 5.40. The lowest BCUT2D eigenvalue weighted by Gasteiger charge is -2.02. The summed E-state index contributed by atoms with van der Waals surface area (Å²) in [6.07, 6.45) is 1.69. The summed E-state index contributed by atoms with van der Waals surface area (Å²) in [5.41, 5.74) is 2.51. The van der Waals surface area contributed by atoms with E-state index in [1.165, 1.54) is 0 Å². The third kappa shape index (κ3) is 1.81. The molecule has 2 aromatic rings. The molecule has 0 saturated carbocycles. The molecule has 0 radical (unpaired) electrons. The minimum Gasteiger partial charge on any atom is -0.508 e. The van der Waals surface area contributed by atoms with Crippen LogP contribution in [0.2, 0.25) is 0 Å². The maximum Gasteiger partial charge on any atom is 0.152 e. The number of H-pyrrole nitrogens is 1. The predicted octanol–water partition coefficient (Wildman–Crippen LogP) is 2.88. The Morgan fingerprint density at radius 2 is 2.19 bits per heavy atom. The first kappa shape index (κ1) is 10.7. The van der Waals surface area contributed by atoms with Gasteiger partial charge < -0.3 is 10.1 Å². The molecule has 0 fully saturated rings. The van der Waals surface area contributed by atoms with Gasteiger partial charge in [-0.05, 0) is 30.5 Å². The number of carbonyl (C=O) groups excluding carboxylic acids is 1. The maximum atomic E-state index is 11.1. The highest BCUT2D eigenvalue weighted by Crippen LogP contribution is 2.26. The number of fused-ring (bicyclic) bond motifs is 1. The van der Waals surface area contributed by atoms with E-state index in [2.05, 4.69) is 18.8 Å². The largest absolute Gasteiger partial charge is 0.508 e. The predicted molar refractivity (Wildman–Crippen MR) is 63.9 cm³/mol. The van der Waals surface area contributed by atoms with Gasteiger partial charge in [-0.1, -0.05) is 13.8 Å². The smallest absolute Gasteiger partial charge is 0.152 e. The number of hydrogen-bond acceptors (Lipinski definition) is 2. The molecule has 2 N–H and O–H groups in total. The van der Waals surface area contributed by atoms with Crippen LogP contribution in [0.4, 0.5) is 0 Å². The van der Waals surface area contributed by atoms with E-state index in [-0.39, 0.29) is 5.75 Å². The molecule has 0 unspecified atom stereocenters. The van der Waals surface area contributed by atoms with Crippen molar-refractivity contribution in [3.63, 3.8) is 0 Å². The van der Waals surface area contributed by atoms with Gasteiger partial charge in [-0.2, -0.15) is 0 Å². The van der Waals surface area contributed by atoms with Gasteiger partial charge in [-0.25, -0.2) is 0 Å². The summed E-state index contributed by atoms with van der Waals surface area (Å²) < 4.78 is 0.